The molecule has 0 aliphatic carbocycles. The van der Waals surface area contributed by atoms with Crippen LogP contribution >= 0.6 is 0 Å². The molecule has 1 unspecified atom stereocenters. The van der Waals surface area contributed by atoms with Crippen molar-refractivity contribution in [1.29, 1.82) is 0 Å². The second-order valence-corrected chi connectivity index (χ2v) is 3.93. The van der Waals surface area contributed by atoms with Gasteiger partial charge in [-0.15, -0.1) is 0 Å². The van der Waals surface area contributed by atoms with Crippen molar-refractivity contribution in [1.82, 2.24) is 0 Å². The summed E-state index contributed by atoms with van der Waals surface area (Å²) in [5.41, 5.74) is 6.21. The average molecular weight is 224 g/mol. The molecule has 1 atom stereocenters. The van der Waals surface area contributed by atoms with E-state index in [4.69, 9.17) is 10.5 Å². The number of aliphatic hydroxyl groups is 1. The molecule has 1 rings (SSSR count). The first kappa shape index (κ1) is 12.8. The first-order valence-corrected chi connectivity index (χ1v) is 5.51. The molecule has 1 aromatic rings. The summed E-state index contributed by atoms with van der Waals surface area (Å²) < 4.78 is 5.64. The molecule has 90 valence electrons. The summed E-state index contributed by atoms with van der Waals surface area (Å²) in [6, 6.07) is 7.66. The molecule has 0 fully saturated rings. The molecule has 4 N–H and O–H groups in total. The van der Waals surface area contributed by atoms with Gasteiger partial charge in [0.1, 0.15) is 5.75 Å². The third kappa shape index (κ3) is 4.08. The van der Waals surface area contributed by atoms with Crippen LogP contribution in [0.15, 0.2) is 24.3 Å². The van der Waals surface area contributed by atoms with E-state index in [1.165, 1.54) is 0 Å². The van der Waals surface area contributed by atoms with Crippen LogP contribution in [0.4, 0.5) is 5.69 Å². The Morgan fingerprint density at radius 3 is 2.69 bits per heavy atom. The maximum atomic E-state index is 9.36. The average Bonchev–Trinajstić information content (AvgIpc) is 2.26. The van der Waals surface area contributed by atoms with Gasteiger partial charge in [-0.2, -0.15) is 0 Å². The van der Waals surface area contributed by atoms with E-state index in [0.29, 0.717) is 6.54 Å². The zero-order chi connectivity index (χ0) is 12.0. The predicted molar refractivity (Wildman–Crippen MR) is 65.8 cm³/mol. The van der Waals surface area contributed by atoms with Crippen LogP contribution in [0.1, 0.15) is 13.8 Å². The van der Waals surface area contributed by atoms with Gasteiger partial charge in [-0.3, -0.25) is 0 Å². The number of nitrogens with two attached hydrogens (primary N) is 1. The number of anilines is 1. The molecule has 0 bridgehead atoms. The number of nitrogens with one attached hydrogen (secondary N) is 1. The molecule has 0 saturated carbocycles. The zero-order valence-electron chi connectivity index (χ0n) is 9.81. The fourth-order valence-electron chi connectivity index (χ4n) is 1.28. The van der Waals surface area contributed by atoms with Crippen molar-refractivity contribution in [2.75, 3.05) is 18.4 Å². The SMILES string of the molecule is CC(C)Oc1ccccc1NCC(O)CN. The fourth-order valence-corrected chi connectivity index (χ4v) is 1.28. The Balaban J connectivity index is 2.63. The van der Waals surface area contributed by atoms with E-state index in [1.807, 2.05) is 38.1 Å². The Morgan fingerprint density at radius 2 is 2.06 bits per heavy atom. The summed E-state index contributed by atoms with van der Waals surface area (Å²) >= 11 is 0. The lowest BCUT2D eigenvalue weighted by atomic mass is 10.2. The van der Waals surface area contributed by atoms with Gasteiger partial charge in [-0.05, 0) is 26.0 Å². The summed E-state index contributed by atoms with van der Waals surface area (Å²) in [6.45, 7) is 4.63. The van der Waals surface area contributed by atoms with Gasteiger partial charge in [0.25, 0.3) is 0 Å². The molecule has 4 heteroatoms. The van der Waals surface area contributed by atoms with Crippen LogP contribution < -0.4 is 15.8 Å². The largest absolute Gasteiger partial charge is 0.489 e. The van der Waals surface area contributed by atoms with Crippen molar-refractivity contribution in [3.05, 3.63) is 24.3 Å². The maximum absolute atomic E-state index is 9.36. The van der Waals surface area contributed by atoms with Gasteiger partial charge < -0.3 is 20.9 Å². The van der Waals surface area contributed by atoms with Crippen LogP contribution in [0.2, 0.25) is 0 Å². The number of hydrogen-bond donors (Lipinski definition) is 3. The highest BCUT2D eigenvalue weighted by Crippen LogP contribution is 2.24. The first-order chi connectivity index (χ1) is 7.63. The van der Waals surface area contributed by atoms with Gasteiger partial charge in [-0.1, -0.05) is 12.1 Å². The van der Waals surface area contributed by atoms with E-state index in [1.54, 1.807) is 0 Å². The standard InChI is InChI=1S/C12H20N2O2/c1-9(2)16-12-6-4-3-5-11(12)14-8-10(15)7-13/h3-6,9-10,14-15H,7-8,13H2,1-2H3. The molecular weight excluding hydrogens is 204 g/mol. The number of ether oxygens (including phenoxy) is 1. The van der Waals surface area contributed by atoms with Gasteiger partial charge in [0.15, 0.2) is 0 Å². The maximum Gasteiger partial charge on any atom is 0.142 e. The third-order valence-corrected chi connectivity index (χ3v) is 2.05. The number of para-hydroxylation sites is 2. The molecular formula is C12H20N2O2. The molecule has 0 spiro atoms. The molecule has 0 saturated heterocycles. The van der Waals surface area contributed by atoms with Crippen molar-refractivity contribution in [3.63, 3.8) is 0 Å². The highest BCUT2D eigenvalue weighted by molar-refractivity contribution is 5.56. The third-order valence-electron chi connectivity index (χ3n) is 2.05. The summed E-state index contributed by atoms with van der Waals surface area (Å²) in [5, 5.41) is 12.5. The van der Waals surface area contributed by atoms with Crippen molar-refractivity contribution >= 4 is 5.69 Å². The molecule has 0 radical (unpaired) electrons. The number of hydrogen-bond acceptors (Lipinski definition) is 4. The number of benzene rings is 1. The molecule has 0 aliphatic rings. The molecule has 4 nitrogen and oxygen atoms in total. The Labute approximate surface area is 96.4 Å². The van der Waals surface area contributed by atoms with Crippen LogP contribution in [0, 0.1) is 0 Å². The lowest BCUT2D eigenvalue weighted by Crippen LogP contribution is -2.28. The summed E-state index contributed by atoms with van der Waals surface area (Å²) in [5.74, 6) is 0.793. The van der Waals surface area contributed by atoms with Crippen LogP contribution in [0.25, 0.3) is 0 Å². The van der Waals surface area contributed by atoms with Crippen molar-refractivity contribution in [3.8, 4) is 5.75 Å². The van der Waals surface area contributed by atoms with Gasteiger partial charge in [0.05, 0.1) is 17.9 Å². The highest BCUT2D eigenvalue weighted by atomic mass is 16.5. The Kier molecular flexibility index (Phi) is 5.08. The fraction of sp³-hybridized carbons (Fsp3) is 0.500. The predicted octanol–water partition coefficient (Wildman–Crippen LogP) is 1.21. The Hall–Kier alpha value is -1.26. The lowest BCUT2D eigenvalue weighted by Gasteiger charge is -2.16. The van der Waals surface area contributed by atoms with E-state index in [2.05, 4.69) is 5.32 Å². The normalized spacial score (nSPS) is 12.6. The molecule has 0 aliphatic heterocycles. The van der Waals surface area contributed by atoms with Gasteiger partial charge in [0, 0.05) is 13.1 Å². The smallest absolute Gasteiger partial charge is 0.142 e. The summed E-state index contributed by atoms with van der Waals surface area (Å²) in [4.78, 5) is 0. The van der Waals surface area contributed by atoms with E-state index >= 15 is 0 Å². The number of rotatable bonds is 6. The molecule has 0 aromatic heterocycles. The van der Waals surface area contributed by atoms with E-state index in [0.717, 1.165) is 11.4 Å². The monoisotopic (exact) mass is 224 g/mol. The highest BCUT2D eigenvalue weighted by Gasteiger charge is 2.06. The van der Waals surface area contributed by atoms with Crippen LogP contribution in [-0.2, 0) is 0 Å². The van der Waals surface area contributed by atoms with Crippen molar-refractivity contribution < 1.29 is 9.84 Å². The Bertz CT molecular complexity index is 316. The van der Waals surface area contributed by atoms with Gasteiger partial charge in [0.2, 0.25) is 0 Å². The van der Waals surface area contributed by atoms with Crippen molar-refractivity contribution in [2.24, 2.45) is 5.73 Å². The van der Waals surface area contributed by atoms with E-state index in [9.17, 15) is 5.11 Å². The molecule has 0 heterocycles. The van der Waals surface area contributed by atoms with E-state index in [-0.39, 0.29) is 12.6 Å². The number of aliphatic hydroxyl groups excluding tert-OH is 1. The zero-order valence-corrected chi connectivity index (χ0v) is 9.81. The second-order valence-electron chi connectivity index (χ2n) is 3.93. The van der Waals surface area contributed by atoms with Gasteiger partial charge >= 0.3 is 0 Å². The van der Waals surface area contributed by atoms with E-state index < -0.39 is 6.10 Å². The van der Waals surface area contributed by atoms with Crippen LogP contribution in [0.3, 0.4) is 0 Å². The lowest BCUT2D eigenvalue weighted by molar-refractivity contribution is 0.195. The quantitative estimate of drug-likeness (QED) is 0.679. The second kappa shape index (κ2) is 6.35. The Morgan fingerprint density at radius 1 is 1.38 bits per heavy atom. The topological polar surface area (TPSA) is 67.5 Å². The van der Waals surface area contributed by atoms with Crippen molar-refractivity contribution in [2.45, 2.75) is 26.1 Å². The molecule has 1 aromatic carbocycles. The van der Waals surface area contributed by atoms with Gasteiger partial charge in [-0.25, -0.2) is 0 Å². The minimum atomic E-state index is -0.535. The summed E-state index contributed by atoms with van der Waals surface area (Å²) in [6.07, 6.45) is -0.408. The first-order valence-electron chi connectivity index (χ1n) is 5.51. The summed E-state index contributed by atoms with van der Waals surface area (Å²) in [7, 11) is 0. The molecule has 16 heavy (non-hydrogen) atoms. The van der Waals surface area contributed by atoms with Crippen LogP contribution in [-0.4, -0.2) is 30.4 Å². The minimum Gasteiger partial charge on any atom is -0.489 e. The van der Waals surface area contributed by atoms with Crippen LogP contribution in [0.5, 0.6) is 5.75 Å². The molecule has 0 amide bonds. The minimum absolute atomic E-state index is 0.127.